The van der Waals surface area contributed by atoms with E-state index in [0.717, 1.165) is 10.6 Å². The molecule has 0 aliphatic carbocycles. The lowest BCUT2D eigenvalue weighted by Crippen LogP contribution is -2.39. The highest BCUT2D eigenvalue weighted by atomic mass is 32.1. The molecule has 7 nitrogen and oxygen atoms in total. The smallest absolute Gasteiger partial charge is 0.417 e. The molecule has 1 aliphatic heterocycles. The van der Waals surface area contributed by atoms with Crippen LogP contribution < -0.4 is 0 Å². The molecule has 0 bridgehead atoms. The van der Waals surface area contributed by atoms with Crippen LogP contribution in [0.4, 0.5) is 13.2 Å². The molecule has 11 heteroatoms. The summed E-state index contributed by atoms with van der Waals surface area (Å²) in [5.41, 5.74) is 1.01. The summed E-state index contributed by atoms with van der Waals surface area (Å²) in [5.74, 6) is -2.17. The van der Waals surface area contributed by atoms with Gasteiger partial charge in [-0.15, -0.1) is 21.5 Å². The number of amides is 1. The van der Waals surface area contributed by atoms with Crippen LogP contribution in [0.2, 0.25) is 0 Å². The summed E-state index contributed by atoms with van der Waals surface area (Å²) < 4.78 is 42.7. The van der Waals surface area contributed by atoms with Gasteiger partial charge in [0.05, 0.1) is 16.5 Å². The number of halogens is 3. The van der Waals surface area contributed by atoms with E-state index in [0.29, 0.717) is 19.4 Å². The van der Waals surface area contributed by atoms with Gasteiger partial charge in [0.1, 0.15) is 0 Å². The van der Waals surface area contributed by atoms with Gasteiger partial charge in [0, 0.05) is 13.1 Å². The Labute approximate surface area is 155 Å². The van der Waals surface area contributed by atoms with Gasteiger partial charge in [-0.25, -0.2) is 0 Å². The lowest BCUT2D eigenvalue weighted by Gasteiger charge is -2.30. The zero-order chi connectivity index (χ0) is 19.0. The standard InChI is InChI=1S/C16H14F3N5O2S/c17-16(18,19)15-23-22-13(26-15)9-3-1-5-24(8-9)14(25)11-7-10(20-21-11)12-4-2-6-27-12/h2,4,6-7,9H,1,3,5,8H2,(H,20,21). The van der Waals surface area contributed by atoms with E-state index in [1.165, 1.54) is 11.3 Å². The maximum absolute atomic E-state index is 12.7. The molecular formula is C16H14F3N5O2S. The predicted molar refractivity (Wildman–Crippen MR) is 89.1 cm³/mol. The largest absolute Gasteiger partial charge is 0.470 e. The fourth-order valence-electron chi connectivity index (χ4n) is 3.03. The summed E-state index contributed by atoms with van der Waals surface area (Å²) in [6.45, 7) is 0.705. The number of aromatic nitrogens is 4. The maximum atomic E-state index is 12.7. The number of hydrogen-bond donors (Lipinski definition) is 1. The number of alkyl halides is 3. The Balaban J connectivity index is 1.48. The first-order valence-electron chi connectivity index (χ1n) is 8.21. The zero-order valence-corrected chi connectivity index (χ0v) is 14.7. The monoisotopic (exact) mass is 397 g/mol. The molecule has 1 saturated heterocycles. The molecule has 1 fully saturated rings. The van der Waals surface area contributed by atoms with Crippen LogP contribution >= 0.6 is 11.3 Å². The molecule has 4 heterocycles. The number of nitrogens with one attached hydrogen (secondary N) is 1. The SMILES string of the molecule is O=C(c1cc(-c2cccs2)[nH]n1)N1CCCC(c2nnc(C(F)(F)F)o2)C1. The van der Waals surface area contributed by atoms with Crippen LogP contribution in [0.1, 0.15) is 41.0 Å². The molecular weight excluding hydrogens is 383 g/mol. The van der Waals surface area contributed by atoms with Gasteiger partial charge < -0.3 is 9.32 Å². The van der Waals surface area contributed by atoms with Crippen LogP contribution in [0.25, 0.3) is 10.6 Å². The number of rotatable bonds is 3. The third-order valence-corrected chi connectivity index (χ3v) is 5.23. The molecule has 1 aliphatic rings. The highest BCUT2D eigenvalue weighted by molar-refractivity contribution is 7.13. The molecule has 1 N–H and O–H groups in total. The number of nitrogens with zero attached hydrogens (tertiary/aromatic N) is 4. The Hall–Kier alpha value is -2.69. The van der Waals surface area contributed by atoms with E-state index in [4.69, 9.17) is 4.42 Å². The summed E-state index contributed by atoms with van der Waals surface area (Å²) in [6.07, 6.45) is -3.48. The van der Waals surface area contributed by atoms with E-state index in [-0.39, 0.29) is 24.0 Å². The fraction of sp³-hybridized carbons (Fsp3) is 0.375. The Morgan fingerprint density at radius 1 is 1.37 bits per heavy atom. The van der Waals surface area contributed by atoms with Crippen LogP contribution in [0.3, 0.4) is 0 Å². The second kappa shape index (κ2) is 6.80. The van der Waals surface area contributed by atoms with Gasteiger partial charge in [0.15, 0.2) is 5.69 Å². The van der Waals surface area contributed by atoms with Crippen LogP contribution in [-0.2, 0) is 6.18 Å². The summed E-state index contributed by atoms with van der Waals surface area (Å²) in [6, 6.07) is 5.49. The Bertz CT molecular complexity index is 934. The minimum absolute atomic E-state index is 0.0962. The lowest BCUT2D eigenvalue weighted by atomic mass is 9.98. The number of piperidine rings is 1. The summed E-state index contributed by atoms with van der Waals surface area (Å²) in [4.78, 5) is 15.2. The van der Waals surface area contributed by atoms with Crippen LogP contribution in [0.5, 0.6) is 0 Å². The molecule has 0 radical (unpaired) electrons. The average Bonchev–Trinajstić information content (AvgIpc) is 3.41. The minimum atomic E-state index is -4.68. The number of aromatic amines is 1. The number of hydrogen-bond acceptors (Lipinski definition) is 6. The Morgan fingerprint density at radius 2 is 2.22 bits per heavy atom. The van der Waals surface area contributed by atoms with Gasteiger partial charge in [-0.1, -0.05) is 6.07 Å². The average molecular weight is 397 g/mol. The van der Waals surface area contributed by atoms with E-state index in [9.17, 15) is 18.0 Å². The lowest BCUT2D eigenvalue weighted by molar-refractivity contribution is -0.157. The zero-order valence-electron chi connectivity index (χ0n) is 13.9. The maximum Gasteiger partial charge on any atom is 0.470 e. The Kier molecular flexibility index (Phi) is 4.46. The van der Waals surface area contributed by atoms with Crippen molar-refractivity contribution in [2.45, 2.75) is 24.9 Å². The molecule has 1 unspecified atom stereocenters. The highest BCUT2D eigenvalue weighted by Crippen LogP contribution is 2.32. The number of likely N-dealkylation sites (tertiary alicyclic amines) is 1. The van der Waals surface area contributed by atoms with Crippen molar-refractivity contribution in [3.8, 4) is 10.6 Å². The van der Waals surface area contributed by atoms with Gasteiger partial charge in [0.2, 0.25) is 5.89 Å². The third kappa shape index (κ3) is 3.59. The van der Waals surface area contributed by atoms with E-state index in [2.05, 4.69) is 20.4 Å². The van der Waals surface area contributed by atoms with Crippen LogP contribution in [0, 0.1) is 0 Å². The fourth-order valence-corrected chi connectivity index (χ4v) is 3.72. The van der Waals surface area contributed by atoms with Gasteiger partial charge in [-0.3, -0.25) is 9.89 Å². The highest BCUT2D eigenvalue weighted by Gasteiger charge is 2.39. The van der Waals surface area contributed by atoms with Crippen molar-refractivity contribution in [1.82, 2.24) is 25.3 Å². The minimum Gasteiger partial charge on any atom is -0.417 e. The van der Waals surface area contributed by atoms with E-state index < -0.39 is 18.0 Å². The summed E-state index contributed by atoms with van der Waals surface area (Å²) in [7, 11) is 0. The normalized spacial score (nSPS) is 18.0. The summed E-state index contributed by atoms with van der Waals surface area (Å²) >= 11 is 1.52. The molecule has 0 saturated carbocycles. The molecule has 1 amide bonds. The molecule has 3 aromatic rings. The predicted octanol–water partition coefficient (Wildman–Crippen LogP) is 3.56. The first kappa shape index (κ1) is 17.7. The van der Waals surface area contributed by atoms with E-state index in [1.807, 2.05) is 17.5 Å². The topological polar surface area (TPSA) is 87.9 Å². The number of H-pyrrole nitrogens is 1. The van der Waals surface area contributed by atoms with Crippen LogP contribution in [0.15, 0.2) is 28.0 Å². The van der Waals surface area contributed by atoms with E-state index >= 15 is 0 Å². The molecule has 4 rings (SSSR count). The second-order valence-corrected chi connectivity index (χ2v) is 7.13. The first-order chi connectivity index (χ1) is 12.9. The van der Waals surface area contributed by atoms with Crippen molar-refractivity contribution in [2.75, 3.05) is 13.1 Å². The molecule has 27 heavy (non-hydrogen) atoms. The van der Waals surface area contributed by atoms with Gasteiger partial charge in [-0.05, 0) is 30.4 Å². The number of thiophene rings is 1. The van der Waals surface area contributed by atoms with Crippen molar-refractivity contribution in [1.29, 1.82) is 0 Å². The molecule has 3 aromatic heterocycles. The first-order valence-corrected chi connectivity index (χ1v) is 9.09. The van der Waals surface area contributed by atoms with E-state index in [1.54, 1.807) is 11.0 Å². The quantitative estimate of drug-likeness (QED) is 0.730. The van der Waals surface area contributed by atoms with Gasteiger partial charge in [0.25, 0.3) is 5.91 Å². The van der Waals surface area contributed by atoms with Crippen LogP contribution in [-0.4, -0.2) is 44.3 Å². The van der Waals surface area contributed by atoms with Crippen molar-refractivity contribution in [3.05, 3.63) is 41.1 Å². The van der Waals surface area contributed by atoms with Crippen molar-refractivity contribution in [2.24, 2.45) is 0 Å². The van der Waals surface area contributed by atoms with Crippen molar-refractivity contribution < 1.29 is 22.4 Å². The van der Waals surface area contributed by atoms with Gasteiger partial charge in [-0.2, -0.15) is 18.3 Å². The molecule has 1 atom stereocenters. The Morgan fingerprint density at radius 3 is 2.93 bits per heavy atom. The summed E-state index contributed by atoms with van der Waals surface area (Å²) in [5, 5.41) is 15.4. The van der Waals surface area contributed by atoms with Crippen molar-refractivity contribution in [3.63, 3.8) is 0 Å². The molecule has 142 valence electrons. The third-order valence-electron chi connectivity index (χ3n) is 4.32. The van der Waals surface area contributed by atoms with Crippen molar-refractivity contribution >= 4 is 17.2 Å². The molecule has 0 spiro atoms. The number of carbonyl (C=O) groups is 1. The number of carbonyl (C=O) groups excluding carboxylic acids is 1. The second-order valence-electron chi connectivity index (χ2n) is 6.18. The van der Waals surface area contributed by atoms with Gasteiger partial charge >= 0.3 is 12.1 Å². The molecule has 0 aromatic carbocycles.